The lowest BCUT2D eigenvalue weighted by Gasteiger charge is -2.29. The molecule has 1 aliphatic heterocycles. The highest BCUT2D eigenvalue weighted by molar-refractivity contribution is 5.89. The SMILES string of the molecule is COC(=O)C1=CC=C2NCCCC2C1. The van der Waals surface area contributed by atoms with E-state index in [0.29, 0.717) is 5.92 Å². The van der Waals surface area contributed by atoms with E-state index in [1.807, 2.05) is 12.2 Å². The average molecular weight is 193 g/mol. The van der Waals surface area contributed by atoms with Gasteiger partial charge in [0.1, 0.15) is 0 Å². The molecule has 1 N–H and O–H groups in total. The van der Waals surface area contributed by atoms with Crippen LogP contribution in [0.25, 0.3) is 0 Å². The first-order valence-corrected chi connectivity index (χ1v) is 5.04. The molecule has 14 heavy (non-hydrogen) atoms. The molecule has 0 spiro atoms. The summed E-state index contributed by atoms with van der Waals surface area (Å²) < 4.78 is 4.71. The van der Waals surface area contributed by atoms with Crippen LogP contribution in [0.15, 0.2) is 23.4 Å². The van der Waals surface area contributed by atoms with Crippen LogP contribution in [-0.4, -0.2) is 19.6 Å². The van der Waals surface area contributed by atoms with E-state index < -0.39 is 0 Å². The van der Waals surface area contributed by atoms with Gasteiger partial charge in [-0.25, -0.2) is 4.79 Å². The molecule has 1 saturated heterocycles. The lowest BCUT2D eigenvalue weighted by molar-refractivity contribution is -0.136. The first-order valence-electron chi connectivity index (χ1n) is 5.04. The van der Waals surface area contributed by atoms with Crippen molar-refractivity contribution in [1.29, 1.82) is 0 Å². The lowest BCUT2D eigenvalue weighted by atomic mass is 9.85. The van der Waals surface area contributed by atoms with Crippen molar-refractivity contribution in [2.24, 2.45) is 5.92 Å². The van der Waals surface area contributed by atoms with Crippen LogP contribution in [0.3, 0.4) is 0 Å². The van der Waals surface area contributed by atoms with Crippen LogP contribution in [0.1, 0.15) is 19.3 Å². The number of nitrogens with one attached hydrogen (secondary N) is 1. The third-order valence-corrected chi connectivity index (χ3v) is 2.88. The summed E-state index contributed by atoms with van der Waals surface area (Å²) in [5, 5.41) is 3.36. The number of esters is 1. The van der Waals surface area contributed by atoms with E-state index in [2.05, 4.69) is 5.32 Å². The number of carbonyl (C=O) groups is 1. The summed E-state index contributed by atoms with van der Waals surface area (Å²) in [5.74, 6) is 0.314. The molecular formula is C11H15NO2. The van der Waals surface area contributed by atoms with Crippen molar-refractivity contribution in [3.05, 3.63) is 23.4 Å². The minimum absolute atomic E-state index is 0.189. The van der Waals surface area contributed by atoms with E-state index in [1.54, 1.807) is 0 Å². The molecule has 0 bridgehead atoms. The standard InChI is InChI=1S/C11H15NO2/c1-14-11(13)9-4-5-10-8(7-9)3-2-6-12-10/h4-5,8,12H,2-3,6-7H2,1H3. The Morgan fingerprint density at radius 2 is 2.43 bits per heavy atom. The molecule has 1 atom stereocenters. The summed E-state index contributed by atoms with van der Waals surface area (Å²) in [7, 11) is 1.43. The van der Waals surface area contributed by atoms with Crippen LogP contribution in [-0.2, 0) is 9.53 Å². The van der Waals surface area contributed by atoms with Gasteiger partial charge in [0, 0.05) is 23.7 Å². The molecule has 2 rings (SSSR count). The van der Waals surface area contributed by atoms with Crippen molar-refractivity contribution in [3.63, 3.8) is 0 Å². The maximum atomic E-state index is 11.3. The van der Waals surface area contributed by atoms with Crippen LogP contribution in [0.2, 0.25) is 0 Å². The van der Waals surface area contributed by atoms with Gasteiger partial charge < -0.3 is 10.1 Å². The van der Waals surface area contributed by atoms with E-state index in [-0.39, 0.29) is 5.97 Å². The Hall–Kier alpha value is -1.25. The highest BCUT2D eigenvalue weighted by atomic mass is 16.5. The number of fused-ring (bicyclic) bond motifs is 1. The van der Waals surface area contributed by atoms with Crippen LogP contribution in [0.5, 0.6) is 0 Å². The third kappa shape index (κ3) is 1.67. The molecule has 1 fully saturated rings. The molecule has 2 aliphatic rings. The second-order valence-electron chi connectivity index (χ2n) is 3.78. The van der Waals surface area contributed by atoms with Crippen molar-refractivity contribution in [2.75, 3.05) is 13.7 Å². The van der Waals surface area contributed by atoms with Crippen LogP contribution >= 0.6 is 0 Å². The highest BCUT2D eigenvalue weighted by Gasteiger charge is 2.25. The lowest BCUT2D eigenvalue weighted by Crippen LogP contribution is -2.30. The summed E-state index contributed by atoms with van der Waals surface area (Å²) in [6.07, 6.45) is 7.07. The van der Waals surface area contributed by atoms with Gasteiger partial charge in [0.15, 0.2) is 0 Å². The molecule has 3 heteroatoms. The van der Waals surface area contributed by atoms with Crippen molar-refractivity contribution in [2.45, 2.75) is 19.3 Å². The molecule has 1 aliphatic carbocycles. The van der Waals surface area contributed by atoms with Crippen molar-refractivity contribution >= 4 is 5.97 Å². The number of piperidine rings is 1. The van der Waals surface area contributed by atoms with Gasteiger partial charge in [-0.3, -0.25) is 0 Å². The number of ether oxygens (including phenoxy) is 1. The fourth-order valence-corrected chi connectivity index (χ4v) is 2.09. The molecule has 0 aromatic heterocycles. The Morgan fingerprint density at radius 1 is 1.57 bits per heavy atom. The molecule has 0 amide bonds. The van der Waals surface area contributed by atoms with Crippen LogP contribution < -0.4 is 5.32 Å². The predicted molar refractivity (Wildman–Crippen MR) is 53.5 cm³/mol. The Labute approximate surface area is 83.8 Å². The molecule has 1 heterocycles. The summed E-state index contributed by atoms with van der Waals surface area (Å²) >= 11 is 0. The molecule has 0 saturated carbocycles. The Morgan fingerprint density at radius 3 is 3.21 bits per heavy atom. The highest BCUT2D eigenvalue weighted by Crippen LogP contribution is 2.30. The zero-order chi connectivity index (χ0) is 9.97. The zero-order valence-corrected chi connectivity index (χ0v) is 8.38. The van der Waals surface area contributed by atoms with Gasteiger partial charge in [-0.2, -0.15) is 0 Å². The minimum atomic E-state index is -0.189. The number of hydrogen-bond donors (Lipinski definition) is 1. The van der Waals surface area contributed by atoms with Crippen LogP contribution in [0.4, 0.5) is 0 Å². The van der Waals surface area contributed by atoms with Crippen LogP contribution in [0, 0.1) is 5.92 Å². The smallest absolute Gasteiger partial charge is 0.333 e. The van der Waals surface area contributed by atoms with E-state index in [0.717, 1.165) is 18.5 Å². The van der Waals surface area contributed by atoms with E-state index in [9.17, 15) is 4.79 Å². The molecule has 1 unspecified atom stereocenters. The van der Waals surface area contributed by atoms with E-state index in [1.165, 1.54) is 25.6 Å². The first kappa shape index (κ1) is 9.31. The van der Waals surface area contributed by atoms with Gasteiger partial charge in [0.25, 0.3) is 0 Å². The zero-order valence-electron chi connectivity index (χ0n) is 8.38. The number of methoxy groups -OCH3 is 1. The minimum Gasteiger partial charge on any atom is -0.466 e. The molecule has 0 aromatic rings. The maximum absolute atomic E-state index is 11.3. The Bertz CT molecular complexity index is 304. The van der Waals surface area contributed by atoms with Gasteiger partial charge in [-0.15, -0.1) is 0 Å². The Balaban J connectivity index is 2.13. The van der Waals surface area contributed by atoms with Gasteiger partial charge in [0.05, 0.1) is 7.11 Å². The number of hydrogen-bond acceptors (Lipinski definition) is 3. The number of allylic oxidation sites excluding steroid dienone is 3. The second-order valence-corrected chi connectivity index (χ2v) is 3.78. The monoisotopic (exact) mass is 193 g/mol. The van der Waals surface area contributed by atoms with Crippen molar-refractivity contribution in [1.82, 2.24) is 5.32 Å². The fourth-order valence-electron chi connectivity index (χ4n) is 2.09. The normalized spacial score (nSPS) is 25.4. The maximum Gasteiger partial charge on any atom is 0.333 e. The first-order chi connectivity index (χ1) is 6.81. The van der Waals surface area contributed by atoms with Gasteiger partial charge in [-0.1, -0.05) is 6.08 Å². The third-order valence-electron chi connectivity index (χ3n) is 2.88. The van der Waals surface area contributed by atoms with E-state index in [4.69, 9.17) is 4.74 Å². The van der Waals surface area contributed by atoms with Crippen molar-refractivity contribution in [3.8, 4) is 0 Å². The summed E-state index contributed by atoms with van der Waals surface area (Å²) in [5.41, 5.74) is 2.08. The Kier molecular flexibility index (Phi) is 2.57. The molecule has 0 aromatic carbocycles. The summed E-state index contributed by atoms with van der Waals surface area (Å²) in [4.78, 5) is 11.3. The summed E-state index contributed by atoms with van der Waals surface area (Å²) in [6, 6.07) is 0. The van der Waals surface area contributed by atoms with Gasteiger partial charge in [-0.05, 0) is 25.3 Å². The number of rotatable bonds is 1. The topological polar surface area (TPSA) is 38.3 Å². The molecule has 3 nitrogen and oxygen atoms in total. The predicted octanol–water partition coefficient (Wildman–Crippen LogP) is 1.37. The van der Waals surface area contributed by atoms with Crippen molar-refractivity contribution < 1.29 is 9.53 Å². The second kappa shape index (κ2) is 3.86. The molecule has 0 radical (unpaired) electrons. The quantitative estimate of drug-likeness (QED) is 0.639. The summed E-state index contributed by atoms with van der Waals surface area (Å²) in [6.45, 7) is 1.06. The average Bonchev–Trinajstić information content (AvgIpc) is 2.27. The molecule has 76 valence electrons. The fraction of sp³-hybridized carbons (Fsp3) is 0.545. The van der Waals surface area contributed by atoms with E-state index >= 15 is 0 Å². The largest absolute Gasteiger partial charge is 0.466 e. The number of carbonyl (C=O) groups excluding carboxylic acids is 1. The molecular weight excluding hydrogens is 178 g/mol. The van der Waals surface area contributed by atoms with Gasteiger partial charge >= 0.3 is 5.97 Å². The van der Waals surface area contributed by atoms with Gasteiger partial charge in [0.2, 0.25) is 0 Å².